The van der Waals surface area contributed by atoms with Gasteiger partial charge in [-0.2, -0.15) is 0 Å². The van der Waals surface area contributed by atoms with Crippen molar-refractivity contribution in [2.24, 2.45) is 0 Å². The molecule has 1 aliphatic heterocycles. The van der Waals surface area contributed by atoms with Crippen molar-refractivity contribution < 1.29 is 34.1 Å². The molecule has 1 aliphatic rings. The second-order valence-electron chi connectivity index (χ2n) is 12.1. The van der Waals surface area contributed by atoms with Crippen LogP contribution in [-0.4, -0.2) is 66.9 Å². The number of benzene rings is 1. The fraction of sp³-hybridized carbons (Fsp3) is 0.516. The second-order valence-corrected chi connectivity index (χ2v) is 13.0. The van der Waals surface area contributed by atoms with Crippen LogP contribution in [0.1, 0.15) is 83.0 Å². The molecule has 0 bridgehead atoms. The molecular weight excluding hydrogens is 558 g/mol. The number of carboxylic acid groups (broad SMARTS) is 2. The Kier molecular flexibility index (Phi) is 9.10. The van der Waals surface area contributed by atoms with Crippen LogP contribution in [0.15, 0.2) is 23.6 Å². The van der Waals surface area contributed by atoms with Crippen molar-refractivity contribution in [3.8, 4) is 16.5 Å². The summed E-state index contributed by atoms with van der Waals surface area (Å²) in [6, 6.07) is 3.83. The van der Waals surface area contributed by atoms with Gasteiger partial charge in [-0.15, -0.1) is 11.3 Å². The maximum absolute atomic E-state index is 13.3. The number of ether oxygens (including phenoxy) is 2. The lowest BCUT2D eigenvalue weighted by Gasteiger charge is -2.32. The average Bonchev–Trinajstić information content (AvgIpc) is 3.51. The molecule has 1 fully saturated rings. The molecule has 3 heterocycles. The summed E-state index contributed by atoms with van der Waals surface area (Å²) in [4.78, 5) is 48.0. The van der Waals surface area contributed by atoms with E-state index >= 15 is 0 Å². The normalized spacial score (nSPS) is 19.0. The van der Waals surface area contributed by atoms with Gasteiger partial charge in [-0.3, -0.25) is 9.69 Å². The van der Waals surface area contributed by atoms with E-state index in [0.717, 1.165) is 32.7 Å². The number of nitrogens with zero attached hydrogens (tertiary/aromatic N) is 3. The number of pyridine rings is 1. The Labute approximate surface area is 249 Å². The zero-order chi connectivity index (χ0) is 30.9. The van der Waals surface area contributed by atoms with Crippen molar-refractivity contribution in [3.63, 3.8) is 0 Å². The first-order chi connectivity index (χ1) is 19.7. The van der Waals surface area contributed by atoms with Crippen molar-refractivity contribution >= 4 is 40.3 Å². The van der Waals surface area contributed by atoms with Gasteiger partial charge in [-0.05, 0) is 70.6 Å². The minimum absolute atomic E-state index is 0.0189. The van der Waals surface area contributed by atoms with E-state index in [1.54, 1.807) is 20.8 Å². The van der Waals surface area contributed by atoms with Gasteiger partial charge >= 0.3 is 18.0 Å². The Bertz CT molecular complexity index is 1490. The van der Waals surface area contributed by atoms with E-state index in [4.69, 9.17) is 19.4 Å². The number of carboxylic acids is 2. The molecule has 3 aromatic rings. The third-order valence-electron chi connectivity index (χ3n) is 7.44. The molecule has 0 saturated carbocycles. The van der Waals surface area contributed by atoms with Gasteiger partial charge in [0.25, 0.3) is 0 Å². The highest BCUT2D eigenvalue weighted by Gasteiger charge is 2.49. The average molecular weight is 598 g/mol. The largest absolute Gasteiger partial charge is 0.487 e. The Balaban J connectivity index is 1.80. The van der Waals surface area contributed by atoms with E-state index in [2.05, 4.69) is 13.8 Å². The Hall–Kier alpha value is -3.73. The number of carbonyl (C=O) groups excluding carboxylic acids is 1. The summed E-state index contributed by atoms with van der Waals surface area (Å²) in [5, 5.41) is 22.9. The van der Waals surface area contributed by atoms with E-state index in [-0.39, 0.29) is 31.6 Å². The first kappa shape index (κ1) is 31.2. The van der Waals surface area contributed by atoms with Crippen molar-refractivity contribution in [2.75, 3.05) is 0 Å². The Morgan fingerprint density at radius 2 is 1.86 bits per heavy atom. The van der Waals surface area contributed by atoms with Crippen LogP contribution in [0.25, 0.3) is 21.6 Å². The predicted molar refractivity (Wildman–Crippen MR) is 160 cm³/mol. The molecule has 42 heavy (non-hydrogen) atoms. The number of aryl methyl sites for hydroxylation is 2. The number of amides is 1. The van der Waals surface area contributed by atoms with Crippen LogP contribution in [0.4, 0.5) is 4.79 Å². The highest BCUT2D eigenvalue weighted by atomic mass is 32.1. The molecule has 226 valence electrons. The van der Waals surface area contributed by atoms with E-state index < -0.39 is 41.8 Å². The fourth-order valence-electron chi connectivity index (χ4n) is 5.15. The van der Waals surface area contributed by atoms with Gasteiger partial charge in [0.05, 0.1) is 17.3 Å². The first-order valence-corrected chi connectivity index (χ1v) is 15.0. The predicted octanol–water partition coefficient (Wildman–Crippen LogP) is 6.56. The number of rotatable bonds is 9. The molecule has 2 N–H and O–H groups in total. The number of fused-ring (bicyclic) bond motifs is 1. The van der Waals surface area contributed by atoms with Crippen LogP contribution < -0.4 is 4.74 Å². The van der Waals surface area contributed by atoms with Crippen LogP contribution in [0.5, 0.6) is 5.75 Å². The van der Waals surface area contributed by atoms with Crippen molar-refractivity contribution in [1.82, 2.24) is 14.9 Å². The van der Waals surface area contributed by atoms with E-state index in [1.807, 2.05) is 37.4 Å². The van der Waals surface area contributed by atoms with Crippen LogP contribution in [0, 0.1) is 13.8 Å². The van der Waals surface area contributed by atoms with E-state index in [0.29, 0.717) is 11.4 Å². The second kappa shape index (κ2) is 12.2. The molecule has 1 amide bonds. The maximum Gasteiger partial charge on any atom is 0.411 e. The highest BCUT2D eigenvalue weighted by molar-refractivity contribution is 7.13. The van der Waals surface area contributed by atoms with E-state index in [9.17, 15) is 24.6 Å². The molecule has 2 aromatic heterocycles. The number of hydrogen-bond donors (Lipinski definition) is 2. The number of thiazole rings is 1. The lowest BCUT2D eigenvalue weighted by atomic mass is 10.0. The van der Waals surface area contributed by atoms with Gasteiger partial charge < -0.3 is 19.7 Å². The molecule has 10 nitrogen and oxygen atoms in total. The van der Waals surface area contributed by atoms with Crippen molar-refractivity contribution in [1.29, 1.82) is 0 Å². The minimum atomic E-state index is -1.19. The minimum Gasteiger partial charge on any atom is -0.487 e. The number of aliphatic carboxylic acids is 2. The van der Waals surface area contributed by atoms with Crippen molar-refractivity contribution in [2.45, 2.75) is 104 Å². The van der Waals surface area contributed by atoms with Crippen LogP contribution in [0.2, 0.25) is 0 Å². The van der Waals surface area contributed by atoms with Gasteiger partial charge in [0.1, 0.15) is 34.2 Å². The van der Waals surface area contributed by atoms with Crippen LogP contribution in [0.3, 0.4) is 0 Å². The number of carbonyl (C=O) groups is 3. The Morgan fingerprint density at radius 3 is 2.45 bits per heavy atom. The molecule has 4 rings (SSSR count). The lowest BCUT2D eigenvalue weighted by Crippen LogP contribution is -2.48. The molecule has 1 saturated heterocycles. The monoisotopic (exact) mass is 597 g/mol. The molecule has 0 radical (unpaired) electrons. The maximum atomic E-state index is 13.3. The summed E-state index contributed by atoms with van der Waals surface area (Å²) in [7, 11) is 0. The van der Waals surface area contributed by atoms with Gasteiger partial charge in [-0.1, -0.05) is 19.9 Å². The van der Waals surface area contributed by atoms with Gasteiger partial charge in [0, 0.05) is 29.7 Å². The number of aromatic nitrogens is 2. The zero-order valence-corrected chi connectivity index (χ0v) is 25.9. The van der Waals surface area contributed by atoms with Crippen molar-refractivity contribution in [3.05, 3.63) is 40.4 Å². The Morgan fingerprint density at radius 1 is 1.14 bits per heavy atom. The summed E-state index contributed by atoms with van der Waals surface area (Å²) in [6.45, 7) is 13.3. The number of hydrogen-bond acceptors (Lipinski definition) is 8. The third kappa shape index (κ3) is 6.83. The molecular formula is C31H39N3O7S. The molecule has 11 heteroatoms. The highest BCUT2D eigenvalue weighted by Crippen LogP contribution is 2.39. The SMILES string of the molecule is Cc1ccc2c(O[C@@H]3C[C@H](C(=O)O)N(C(=O)OC(C)(C)C)[C@@H]3CCCC(=O)O)cc(-c3nc(C(C)C)cs3)nc2c1C. The summed E-state index contributed by atoms with van der Waals surface area (Å²) in [5.74, 6) is -1.38. The summed E-state index contributed by atoms with van der Waals surface area (Å²) in [6.07, 6.45) is -1.12. The summed E-state index contributed by atoms with van der Waals surface area (Å²) in [5.41, 5.74) is 3.56. The van der Waals surface area contributed by atoms with E-state index in [1.165, 1.54) is 16.2 Å². The molecule has 0 spiro atoms. The topological polar surface area (TPSA) is 139 Å². The summed E-state index contributed by atoms with van der Waals surface area (Å²) < 4.78 is 12.2. The first-order valence-electron chi connectivity index (χ1n) is 14.2. The summed E-state index contributed by atoms with van der Waals surface area (Å²) >= 11 is 1.50. The van der Waals surface area contributed by atoms with Crippen LogP contribution >= 0.6 is 11.3 Å². The van der Waals surface area contributed by atoms with Gasteiger partial charge in [0.2, 0.25) is 0 Å². The quantitative estimate of drug-likeness (QED) is 0.280. The number of likely N-dealkylation sites (tertiary alicyclic amines) is 1. The van der Waals surface area contributed by atoms with Gasteiger partial charge in [-0.25, -0.2) is 19.6 Å². The fourth-order valence-corrected chi connectivity index (χ4v) is 6.09. The molecule has 0 unspecified atom stereocenters. The third-order valence-corrected chi connectivity index (χ3v) is 8.32. The standard InChI is InChI=1S/C31H39N3O7S/c1-16(2)21-15-42-28(33-21)20-13-24(19-12-11-17(3)18(4)27(19)32-20)40-25-14-23(29(37)38)34(30(39)41-31(5,6)7)22(25)9-8-10-26(35)36/h11-13,15-16,22-23,25H,8-10,14H2,1-7H3,(H,35,36)(H,37,38)/t22-,23-,25-/m1/s1. The smallest absolute Gasteiger partial charge is 0.411 e. The van der Waals surface area contributed by atoms with Gasteiger partial charge in [0.15, 0.2) is 0 Å². The molecule has 1 aromatic carbocycles. The molecule has 3 atom stereocenters. The lowest BCUT2D eigenvalue weighted by molar-refractivity contribution is -0.142. The molecule has 0 aliphatic carbocycles. The van der Waals surface area contributed by atoms with Crippen LogP contribution in [-0.2, 0) is 14.3 Å². The zero-order valence-electron chi connectivity index (χ0n) is 25.1.